The predicted octanol–water partition coefficient (Wildman–Crippen LogP) is 3.60. The Labute approximate surface area is 139 Å². The molecule has 0 aromatic carbocycles. The normalized spacial score (nSPS) is 13.0. The van der Waals surface area contributed by atoms with Crippen molar-refractivity contribution in [1.82, 2.24) is 14.8 Å². The average molecular weight is 426 g/mol. The summed E-state index contributed by atoms with van der Waals surface area (Å²) < 4.78 is 9.10. The molecule has 0 N–H and O–H groups in total. The molecule has 0 spiro atoms. The number of aryl methyl sites for hydroxylation is 1. The summed E-state index contributed by atoms with van der Waals surface area (Å²) in [5.74, 6) is 0. The van der Waals surface area contributed by atoms with Crippen LogP contribution < -0.4 is 3.71 Å². The molecule has 0 radical (unpaired) electrons. The van der Waals surface area contributed by atoms with Crippen molar-refractivity contribution < 1.29 is 4.74 Å². The van der Waals surface area contributed by atoms with Crippen LogP contribution in [0.15, 0.2) is 12.4 Å². The first-order valence-electron chi connectivity index (χ1n) is 7.99. The van der Waals surface area contributed by atoms with Crippen molar-refractivity contribution in [2.45, 2.75) is 54.2 Å². The number of rotatable bonds is 6. The van der Waals surface area contributed by atoms with Gasteiger partial charge in [-0.15, -0.1) is 0 Å². The average Bonchev–Trinajstić information content (AvgIpc) is 2.76. The molecular weight excluding hydrogens is 397 g/mol. The van der Waals surface area contributed by atoms with Crippen LogP contribution in [0.5, 0.6) is 0 Å². The summed E-state index contributed by atoms with van der Waals surface area (Å²) in [4.78, 5) is 12.0. The van der Waals surface area contributed by atoms with Crippen molar-refractivity contribution in [3.05, 3.63) is 18.0 Å². The molecule has 0 saturated carbocycles. The molecule has 0 unspecified atom stereocenters. The topological polar surface area (TPSA) is 39.9 Å². The van der Waals surface area contributed by atoms with Gasteiger partial charge in [-0.3, -0.25) is 0 Å². The van der Waals surface area contributed by atoms with Gasteiger partial charge in [0.2, 0.25) is 0 Å². The number of pyridine rings is 1. The van der Waals surface area contributed by atoms with Crippen LogP contribution >= 0.6 is 0 Å². The minimum atomic E-state index is -2.16. The molecule has 0 amide bonds. The first-order chi connectivity index (χ1) is 10.1. The zero-order chi connectivity index (χ0) is 16.5. The molecule has 2 aromatic rings. The van der Waals surface area contributed by atoms with E-state index >= 15 is 0 Å². The van der Waals surface area contributed by atoms with Gasteiger partial charge in [-0.2, -0.15) is 0 Å². The number of aromatic nitrogens is 3. The van der Waals surface area contributed by atoms with Crippen LogP contribution in [-0.2, 0) is 11.5 Å². The van der Waals surface area contributed by atoms with Crippen LogP contribution in [0.3, 0.4) is 0 Å². The molecule has 0 aliphatic carbocycles. The van der Waals surface area contributed by atoms with E-state index in [2.05, 4.69) is 46.5 Å². The third-order valence-electron chi connectivity index (χ3n) is 3.88. The Kier molecular flexibility index (Phi) is 5.39. The molecule has 0 atom stereocenters. The first kappa shape index (κ1) is 17.9. The van der Waals surface area contributed by atoms with Crippen molar-refractivity contribution in [2.75, 3.05) is 6.61 Å². The maximum absolute atomic E-state index is 5.82. The Balaban J connectivity index is 2.15. The predicted molar refractivity (Wildman–Crippen MR) is 99.4 cm³/mol. The van der Waals surface area contributed by atoms with Gasteiger partial charge in [0.05, 0.1) is 0 Å². The van der Waals surface area contributed by atoms with Crippen molar-refractivity contribution in [3.63, 3.8) is 0 Å². The minimum absolute atomic E-state index is 0.521. The van der Waals surface area contributed by atoms with Gasteiger partial charge in [-0.1, -0.05) is 0 Å². The van der Waals surface area contributed by atoms with E-state index in [9.17, 15) is 0 Å². The zero-order valence-corrected chi connectivity index (χ0v) is 18.9. The van der Waals surface area contributed by atoms with E-state index in [0.717, 1.165) is 12.1 Å². The van der Waals surface area contributed by atoms with Gasteiger partial charge in [0.1, 0.15) is 0 Å². The van der Waals surface area contributed by atoms with E-state index in [1.165, 1.54) is 20.7 Å². The molecule has 122 valence electrons. The number of hydrogen-bond donors (Lipinski definition) is 0. The summed E-state index contributed by atoms with van der Waals surface area (Å²) in [6.45, 7) is 10.6. The van der Waals surface area contributed by atoms with Gasteiger partial charge < -0.3 is 0 Å². The molecule has 0 aliphatic rings. The van der Waals surface area contributed by atoms with E-state index in [-0.39, 0.29) is 0 Å². The fraction of sp³-hybridized carbons (Fsp3) is 0.625. The second kappa shape index (κ2) is 6.61. The molecular formula is C16H29N3OSiSn. The number of ether oxygens (including phenoxy) is 1. The van der Waals surface area contributed by atoms with Gasteiger partial charge in [-0.25, -0.2) is 0 Å². The third kappa shape index (κ3) is 4.32. The molecule has 0 saturated heterocycles. The van der Waals surface area contributed by atoms with E-state index in [1.807, 2.05) is 17.1 Å². The Hall–Kier alpha value is -0.404. The van der Waals surface area contributed by atoms with Crippen molar-refractivity contribution in [1.29, 1.82) is 0 Å². The van der Waals surface area contributed by atoms with Crippen LogP contribution in [0.4, 0.5) is 0 Å². The van der Waals surface area contributed by atoms with Crippen LogP contribution in [0, 0.1) is 6.92 Å². The van der Waals surface area contributed by atoms with E-state index in [4.69, 9.17) is 9.72 Å². The second-order valence-corrected chi connectivity index (χ2v) is 28.1. The Bertz CT molecular complexity index is 656. The zero-order valence-electron chi connectivity index (χ0n) is 15.0. The Morgan fingerprint density at radius 1 is 1.18 bits per heavy atom. The molecule has 0 fully saturated rings. The van der Waals surface area contributed by atoms with E-state index in [0.29, 0.717) is 6.73 Å². The number of hydrogen-bond acceptors (Lipinski definition) is 3. The van der Waals surface area contributed by atoms with E-state index < -0.39 is 26.5 Å². The summed E-state index contributed by atoms with van der Waals surface area (Å²) in [5.41, 5.74) is 2.40. The van der Waals surface area contributed by atoms with Gasteiger partial charge >= 0.3 is 139 Å². The SMILES string of the molecule is Cc1[c]([Sn]([CH3])([CH3])[CH3])ncc2c1cnn2COCC[Si](C)(C)C. The summed E-state index contributed by atoms with van der Waals surface area (Å²) in [6.07, 6.45) is 3.95. The molecule has 0 bridgehead atoms. The molecule has 0 aliphatic heterocycles. The number of nitrogens with zero attached hydrogens (tertiary/aromatic N) is 3. The van der Waals surface area contributed by atoms with Crippen LogP contribution in [0.25, 0.3) is 10.9 Å². The van der Waals surface area contributed by atoms with Crippen LogP contribution in [0.1, 0.15) is 5.56 Å². The molecule has 22 heavy (non-hydrogen) atoms. The summed E-state index contributed by atoms with van der Waals surface area (Å²) in [6, 6.07) is 1.19. The molecule has 2 rings (SSSR count). The van der Waals surface area contributed by atoms with Gasteiger partial charge in [0, 0.05) is 0 Å². The van der Waals surface area contributed by atoms with Crippen molar-refractivity contribution in [2.24, 2.45) is 0 Å². The summed E-state index contributed by atoms with van der Waals surface area (Å²) >= 11 is -2.16. The van der Waals surface area contributed by atoms with Crippen LogP contribution in [-0.4, -0.2) is 47.8 Å². The third-order valence-corrected chi connectivity index (χ3v) is 11.1. The monoisotopic (exact) mass is 427 g/mol. The number of fused-ring (bicyclic) bond motifs is 1. The van der Waals surface area contributed by atoms with Gasteiger partial charge in [0.15, 0.2) is 0 Å². The molecule has 6 heteroatoms. The van der Waals surface area contributed by atoms with Crippen LogP contribution in [0.2, 0.25) is 40.5 Å². The first-order valence-corrected chi connectivity index (χ1v) is 21.7. The molecule has 2 heterocycles. The summed E-state index contributed by atoms with van der Waals surface area (Å²) in [5, 5.41) is 5.73. The standard InChI is InChI=1S/C13H20N3OSi.3CH3.Sn/c1-11-7-14-9-13-12(11)8-15-16(13)10-17-5-6-18(2,3)4;;;;/h8-9H,5-6,10H2,1-4H3;3*1H3;. The van der Waals surface area contributed by atoms with Crippen molar-refractivity contribution in [3.8, 4) is 0 Å². The fourth-order valence-electron chi connectivity index (χ4n) is 2.56. The Morgan fingerprint density at radius 3 is 2.45 bits per heavy atom. The van der Waals surface area contributed by atoms with Gasteiger partial charge in [-0.05, 0) is 0 Å². The molecule has 2 aromatic heterocycles. The maximum atomic E-state index is 5.82. The fourth-order valence-corrected chi connectivity index (χ4v) is 8.20. The molecule has 4 nitrogen and oxygen atoms in total. The second-order valence-electron chi connectivity index (χ2n) is 8.27. The van der Waals surface area contributed by atoms with Crippen molar-refractivity contribution >= 4 is 41.1 Å². The summed E-state index contributed by atoms with van der Waals surface area (Å²) in [7, 11) is -1.03. The Morgan fingerprint density at radius 2 is 1.86 bits per heavy atom. The van der Waals surface area contributed by atoms with Gasteiger partial charge in [0.25, 0.3) is 0 Å². The quantitative estimate of drug-likeness (QED) is 0.524. The van der Waals surface area contributed by atoms with E-state index in [1.54, 1.807) is 0 Å².